The number of benzene rings is 4. The normalized spacial score (nSPS) is 9.03. The Hall–Kier alpha value is -2.49. The molecule has 0 atom stereocenters. The zero-order valence-electron chi connectivity index (χ0n) is 22.7. The molecule has 0 spiro atoms. The Balaban J connectivity index is 0. The van der Waals surface area contributed by atoms with Crippen LogP contribution in [-0.4, -0.2) is 35.0 Å². The molecule has 40 heavy (non-hydrogen) atoms. The number of aliphatic hydroxyl groups is 1. The van der Waals surface area contributed by atoms with Gasteiger partial charge in [0, 0.05) is 32.2 Å². The maximum Gasteiger partial charge on any atom is 1.00 e. The van der Waals surface area contributed by atoms with Crippen LogP contribution in [0.1, 0.15) is 50.5 Å². The zero-order valence-corrected chi connectivity index (χ0v) is 27.9. The summed E-state index contributed by atoms with van der Waals surface area (Å²) in [4.78, 5) is 32.5. The van der Waals surface area contributed by atoms with Gasteiger partial charge in [-0.15, -0.1) is 0 Å². The number of hydrogen-bond donors (Lipinski definition) is 1. The number of aldehydes is 1. The van der Waals surface area contributed by atoms with Crippen molar-refractivity contribution in [2.45, 2.75) is 13.8 Å². The molecule has 0 unspecified atom stereocenters. The van der Waals surface area contributed by atoms with E-state index in [1.807, 2.05) is 103 Å². The van der Waals surface area contributed by atoms with Gasteiger partial charge in [-0.3, -0.25) is 14.4 Å². The SMILES string of the molecule is CC(=O)c1ccccc1.CCO.O=C(/C=C/c1ccc(Br)cc1)c1ccccc1.O=Cc1ccc(Br)cc1.[Na+].[OH-]. The quantitative estimate of drug-likeness (QED) is 0.133. The number of ketones is 2. The van der Waals surface area contributed by atoms with Crippen LogP contribution in [0.2, 0.25) is 0 Å². The molecule has 5 nitrogen and oxygen atoms in total. The third kappa shape index (κ3) is 18.0. The van der Waals surface area contributed by atoms with E-state index >= 15 is 0 Å². The van der Waals surface area contributed by atoms with Crippen LogP contribution in [0.25, 0.3) is 6.08 Å². The standard InChI is InChI=1S/C15H11BrO.C8H8O.C7H5BrO.C2H6O.Na.H2O/c16-14-9-6-12(7-10-14)8-11-15(17)13-4-2-1-3-5-13;1-7(9)8-5-3-2-4-6-8;8-7-3-1-6(5-9)2-4-7;1-2-3;;/h1-11H;2-6H,1H3;1-5H;3H,2H2,1H3;;1H2/q;;;;+1;/p-1/b11-8+;;;;;. The van der Waals surface area contributed by atoms with Crippen molar-refractivity contribution in [1.82, 2.24) is 0 Å². The maximum atomic E-state index is 11.8. The van der Waals surface area contributed by atoms with Crippen molar-refractivity contribution < 1.29 is 54.5 Å². The number of rotatable bonds is 5. The molecule has 8 heteroatoms. The van der Waals surface area contributed by atoms with Gasteiger partial charge in [0.15, 0.2) is 11.6 Å². The Morgan fingerprint density at radius 2 is 1.07 bits per heavy atom. The van der Waals surface area contributed by atoms with Gasteiger partial charge < -0.3 is 10.6 Å². The topological polar surface area (TPSA) is 101 Å². The van der Waals surface area contributed by atoms with Gasteiger partial charge >= 0.3 is 29.6 Å². The number of aliphatic hydroxyl groups excluding tert-OH is 1. The fraction of sp³-hybridized carbons (Fsp3) is 0.0938. The van der Waals surface area contributed by atoms with Gasteiger partial charge in [-0.25, -0.2) is 0 Å². The Labute approximate surface area is 275 Å². The van der Waals surface area contributed by atoms with E-state index < -0.39 is 0 Å². The molecule has 204 valence electrons. The van der Waals surface area contributed by atoms with E-state index in [9.17, 15) is 14.4 Å². The Morgan fingerprint density at radius 3 is 1.43 bits per heavy atom. The van der Waals surface area contributed by atoms with Gasteiger partial charge in [-0.05, 0) is 49.8 Å². The second-order valence-electron chi connectivity index (χ2n) is 7.52. The molecule has 2 N–H and O–H groups in total. The van der Waals surface area contributed by atoms with Crippen LogP contribution < -0.4 is 29.6 Å². The molecule has 0 aromatic heterocycles. The zero-order chi connectivity index (χ0) is 28.2. The summed E-state index contributed by atoms with van der Waals surface area (Å²) in [6, 6.07) is 33.5. The molecule has 4 aromatic carbocycles. The van der Waals surface area contributed by atoms with Gasteiger partial charge in [0.25, 0.3) is 0 Å². The number of halogens is 2. The predicted molar refractivity (Wildman–Crippen MR) is 165 cm³/mol. The number of carbonyl (C=O) groups is 3. The van der Waals surface area contributed by atoms with Gasteiger partial charge in [0.05, 0.1) is 0 Å². The van der Waals surface area contributed by atoms with Gasteiger partial charge in [0.1, 0.15) is 6.29 Å². The van der Waals surface area contributed by atoms with Crippen LogP contribution in [0, 0.1) is 0 Å². The van der Waals surface area contributed by atoms with Crippen LogP contribution in [0.15, 0.2) is 124 Å². The molecule has 0 aliphatic heterocycles. The minimum absolute atomic E-state index is 0. The minimum Gasteiger partial charge on any atom is -0.870 e. The minimum atomic E-state index is 0. The molecule has 0 amide bonds. The van der Waals surface area contributed by atoms with E-state index in [0.29, 0.717) is 11.1 Å². The fourth-order valence-electron chi connectivity index (χ4n) is 2.66. The summed E-state index contributed by atoms with van der Waals surface area (Å²) >= 11 is 6.63. The predicted octanol–water partition coefficient (Wildman–Crippen LogP) is 5.32. The molecule has 4 rings (SSSR count). The van der Waals surface area contributed by atoms with Crippen LogP contribution in [-0.2, 0) is 0 Å². The first-order chi connectivity index (χ1) is 18.3. The Morgan fingerprint density at radius 1 is 0.700 bits per heavy atom. The van der Waals surface area contributed by atoms with Crippen LogP contribution in [0.4, 0.5) is 0 Å². The molecule has 0 radical (unpaired) electrons. The van der Waals surface area contributed by atoms with Crippen molar-refractivity contribution >= 4 is 55.8 Å². The van der Waals surface area contributed by atoms with Crippen LogP contribution in [0.3, 0.4) is 0 Å². The number of hydrogen-bond acceptors (Lipinski definition) is 5. The first-order valence-corrected chi connectivity index (χ1v) is 13.3. The molecule has 4 aromatic rings. The van der Waals surface area contributed by atoms with E-state index in [0.717, 1.165) is 26.4 Å². The average molecular weight is 678 g/mol. The summed E-state index contributed by atoms with van der Waals surface area (Å²) in [5.41, 5.74) is 3.20. The summed E-state index contributed by atoms with van der Waals surface area (Å²) in [6.07, 6.45) is 4.24. The first-order valence-electron chi connectivity index (χ1n) is 11.7. The fourth-order valence-corrected chi connectivity index (χ4v) is 3.19. The number of carbonyl (C=O) groups excluding carboxylic acids is 3. The maximum absolute atomic E-state index is 11.8. The van der Waals surface area contributed by atoms with Crippen molar-refractivity contribution in [3.8, 4) is 0 Å². The van der Waals surface area contributed by atoms with Crippen molar-refractivity contribution in [3.05, 3.63) is 146 Å². The largest absolute Gasteiger partial charge is 1.00 e. The van der Waals surface area contributed by atoms with Gasteiger partial charge in [-0.1, -0.05) is 123 Å². The van der Waals surface area contributed by atoms with Crippen molar-refractivity contribution in [3.63, 3.8) is 0 Å². The molecule has 0 fully saturated rings. The molecular weight excluding hydrogens is 647 g/mol. The Kier molecular flexibility index (Phi) is 24.1. The van der Waals surface area contributed by atoms with Crippen LogP contribution >= 0.6 is 31.9 Å². The molecule has 0 bridgehead atoms. The summed E-state index contributed by atoms with van der Waals surface area (Å²) in [6.45, 7) is 3.50. The molecule has 0 heterocycles. The second-order valence-corrected chi connectivity index (χ2v) is 9.35. The van der Waals surface area contributed by atoms with Crippen LogP contribution in [0.5, 0.6) is 0 Å². The van der Waals surface area contributed by atoms with Crippen molar-refractivity contribution in [2.75, 3.05) is 6.61 Å². The molecule has 0 aliphatic rings. The molecule has 0 aliphatic carbocycles. The van der Waals surface area contributed by atoms with Crippen molar-refractivity contribution in [1.29, 1.82) is 0 Å². The summed E-state index contributed by atoms with van der Waals surface area (Å²) < 4.78 is 2.03. The van der Waals surface area contributed by atoms with Gasteiger partial charge in [-0.2, -0.15) is 0 Å². The van der Waals surface area contributed by atoms with E-state index in [1.165, 1.54) is 0 Å². The van der Waals surface area contributed by atoms with Crippen molar-refractivity contribution in [2.24, 2.45) is 0 Å². The first kappa shape index (κ1) is 39.7. The smallest absolute Gasteiger partial charge is 0.870 e. The van der Waals surface area contributed by atoms with E-state index in [2.05, 4.69) is 31.9 Å². The molecule has 0 saturated heterocycles. The molecule has 0 saturated carbocycles. The third-order valence-corrected chi connectivity index (χ3v) is 5.60. The molecular formula is C32H31Br2NaO5. The summed E-state index contributed by atoms with van der Waals surface area (Å²) in [5, 5.41) is 7.57. The summed E-state index contributed by atoms with van der Waals surface area (Å²) in [7, 11) is 0. The summed E-state index contributed by atoms with van der Waals surface area (Å²) in [5.74, 6) is 0.143. The number of Topliss-reactive ketones (excluding diaryl/α,β-unsaturated/α-hetero) is 1. The van der Waals surface area contributed by atoms with E-state index in [1.54, 1.807) is 32.1 Å². The number of allylic oxidation sites excluding steroid dienone is 1. The third-order valence-electron chi connectivity index (χ3n) is 4.54. The average Bonchev–Trinajstić information content (AvgIpc) is 2.95. The van der Waals surface area contributed by atoms with Gasteiger partial charge in [0.2, 0.25) is 0 Å². The second kappa shape index (κ2) is 24.3. The monoisotopic (exact) mass is 676 g/mol. The van der Waals surface area contributed by atoms with E-state index in [4.69, 9.17) is 5.11 Å². The Bertz CT molecular complexity index is 1260. The van der Waals surface area contributed by atoms with E-state index in [-0.39, 0.29) is 53.2 Å².